The normalized spacial score (nSPS) is 32.6. The van der Waals surface area contributed by atoms with Crippen molar-refractivity contribution in [2.45, 2.75) is 38.3 Å². The summed E-state index contributed by atoms with van der Waals surface area (Å²) in [5, 5.41) is 19.0. The number of aliphatic hydroxyl groups is 2. The summed E-state index contributed by atoms with van der Waals surface area (Å²) >= 11 is 0. The maximum atomic E-state index is 9.86. The van der Waals surface area contributed by atoms with Gasteiger partial charge in [0.15, 0.2) is 6.29 Å². The largest absolute Gasteiger partial charge is 0.394 e. The predicted octanol–water partition coefficient (Wildman–Crippen LogP) is -0.187. The molecule has 0 radical (unpaired) electrons. The van der Waals surface area contributed by atoms with Crippen molar-refractivity contribution in [3.63, 3.8) is 0 Å². The fourth-order valence-corrected chi connectivity index (χ4v) is 1.91. The molecule has 0 aromatic carbocycles. The van der Waals surface area contributed by atoms with Crippen LogP contribution in [0, 0.1) is 0 Å². The average molecular weight is 233 g/mol. The number of methoxy groups -OCH3 is 1. The second kappa shape index (κ2) is 7.19. The molecule has 0 unspecified atom stereocenters. The number of aliphatic hydroxyl groups excluding tert-OH is 2. The molecule has 2 N–H and O–H groups in total. The highest BCUT2D eigenvalue weighted by atomic mass is 16.7. The maximum absolute atomic E-state index is 9.86. The van der Waals surface area contributed by atoms with Crippen LogP contribution in [-0.4, -0.2) is 67.0 Å². The lowest BCUT2D eigenvalue weighted by molar-refractivity contribution is -0.196. The number of nitrogens with zero attached hydrogens (tertiary/aromatic N) is 1. The minimum absolute atomic E-state index is 0.0464. The molecule has 0 saturated carbocycles. The van der Waals surface area contributed by atoms with Gasteiger partial charge in [0.2, 0.25) is 0 Å². The Balaban J connectivity index is 2.54. The van der Waals surface area contributed by atoms with Crippen molar-refractivity contribution < 1.29 is 19.7 Å². The number of hydrogen-bond donors (Lipinski definition) is 2. The summed E-state index contributed by atoms with van der Waals surface area (Å²) in [5.74, 6) is 0. The Labute approximate surface area is 97.0 Å². The quantitative estimate of drug-likeness (QED) is 0.689. The van der Waals surface area contributed by atoms with Gasteiger partial charge in [-0.25, -0.2) is 0 Å². The summed E-state index contributed by atoms with van der Waals surface area (Å²) in [7, 11) is 1.50. The van der Waals surface area contributed by atoms with Crippen molar-refractivity contribution in [1.82, 2.24) is 4.90 Å². The summed E-state index contributed by atoms with van der Waals surface area (Å²) in [6, 6.07) is 0. The maximum Gasteiger partial charge on any atom is 0.184 e. The number of β-amino-alcohol motifs (C(OH)–C–C–N with tert-alkyl or cyclic N) is 1. The second-order valence-corrected chi connectivity index (χ2v) is 4.23. The molecule has 3 atom stereocenters. The molecule has 0 amide bonds. The monoisotopic (exact) mass is 233 g/mol. The first-order valence-corrected chi connectivity index (χ1v) is 5.90. The fourth-order valence-electron chi connectivity index (χ4n) is 1.91. The summed E-state index contributed by atoms with van der Waals surface area (Å²) in [6.07, 6.45) is 0.633. The third kappa shape index (κ3) is 3.99. The first-order chi connectivity index (χ1) is 7.71. The Hall–Kier alpha value is -0.200. The van der Waals surface area contributed by atoms with Crippen molar-refractivity contribution >= 4 is 0 Å². The van der Waals surface area contributed by atoms with Crippen LogP contribution < -0.4 is 0 Å². The zero-order chi connectivity index (χ0) is 12.0. The third-order valence-corrected chi connectivity index (χ3v) is 2.81. The second-order valence-electron chi connectivity index (χ2n) is 4.23. The topological polar surface area (TPSA) is 62.2 Å². The number of rotatable bonds is 5. The molecular formula is C11H23NO4. The molecule has 16 heavy (non-hydrogen) atoms. The van der Waals surface area contributed by atoms with E-state index in [0.29, 0.717) is 13.1 Å². The Morgan fingerprint density at radius 1 is 1.44 bits per heavy atom. The Kier molecular flexibility index (Phi) is 6.23. The van der Waals surface area contributed by atoms with Gasteiger partial charge in [-0.2, -0.15) is 0 Å². The van der Waals surface area contributed by atoms with Crippen LogP contribution in [0.15, 0.2) is 0 Å². The molecule has 5 heteroatoms. The van der Waals surface area contributed by atoms with Gasteiger partial charge in [0.1, 0.15) is 6.10 Å². The minimum Gasteiger partial charge on any atom is -0.394 e. The van der Waals surface area contributed by atoms with E-state index in [1.807, 2.05) is 0 Å². The standard InChI is InChI=1S/C11H23NO4/c1-3-4-5-12-6-9(8-13)16-11(15-2)10(14)7-12/h9-11,13-14H,3-8H2,1-2H3/t9-,10+,11-/m0/s1. The van der Waals surface area contributed by atoms with Gasteiger partial charge in [-0.1, -0.05) is 13.3 Å². The van der Waals surface area contributed by atoms with Gasteiger partial charge in [-0.3, -0.25) is 4.90 Å². The van der Waals surface area contributed by atoms with Crippen molar-refractivity contribution in [2.75, 3.05) is 33.4 Å². The van der Waals surface area contributed by atoms with Gasteiger partial charge in [0.05, 0.1) is 12.7 Å². The molecule has 1 fully saturated rings. The van der Waals surface area contributed by atoms with E-state index in [1.54, 1.807) is 0 Å². The van der Waals surface area contributed by atoms with Crippen molar-refractivity contribution in [2.24, 2.45) is 0 Å². The van der Waals surface area contributed by atoms with E-state index >= 15 is 0 Å². The highest BCUT2D eigenvalue weighted by molar-refractivity contribution is 4.76. The summed E-state index contributed by atoms with van der Waals surface area (Å²) < 4.78 is 10.5. The van der Waals surface area contributed by atoms with Crippen LogP contribution in [-0.2, 0) is 9.47 Å². The minimum atomic E-state index is -0.654. The van der Waals surface area contributed by atoms with Crippen LogP contribution in [0.3, 0.4) is 0 Å². The van der Waals surface area contributed by atoms with E-state index in [9.17, 15) is 5.11 Å². The number of ether oxygens (including phenoxy) is 2. The SMILES string of the molecule is CCCCN1C[C@@H](CO)O[C@H](OC)[C@H](O)C1. The van der Waals surface area contributed by atoms with Gasteiger partial charge in [-0.05, 0) is 13.0 Å². The van der Waals surface area contributed by atoms with E-state index < -0.39 is 12.4 Å². The first kappa shape index (κ1) is 13.9. The smallest absolute Gasteiger partial charge is 0.184 e. The molecule has 1 heterocycles. The van der Waals surface area contributed by atoms with Gasteiger partial charge in [0, 0.05) is 20.2 Å². The highest BCUT2D eigenvalue weighted by Crippen LogP contribution is 2.13. The van der Waals surface area contributed by atoms with E-state index in [0.717, 1.165) is 19.4 Å². The molecule has 0 aromatic rings. The van der Waals surface area contributed by atoms with Crippen molar-refractivity contribution in [3.05, 3.63) is 0 Å². The predicted molar refractivity (Wildman–Crippen MR) is 60.1 cm³/mol. The first-order valence-electron chi connectivity index (χ1n) is 5.90. The van der Waals surface area contributed by atoms with E-state index in [2.05, 4.69) is 11.8 Å². The summed E-state index contributed by atoms with van der Waals surface area (Å²) in [5.41, 5.74) is 0. The summed E-state index contributed by atoms with van der Waals surface area (Å²) in [6.45, 7) is 4.19. The van der Waals surface area contributed by atoms with Gasteiger partial charge < -0.3 is 19.7 Å². The van der Waals surface area contributed by atoms with E-state index in [1.165, 1.54) is 7.11 Å². The molecule has 1 rings (SSSR count). The molecule has 1 saturated heterocycles. The summed E-state index contributed by atoms with van der Waals surface area (Å²) in [4.78, 5) is 2.12. The molecule has 1 aliphatic heterocycles. The molecule has 1 aliphatic rings. The molecule has 0 bridgehead atoms. The Bertz CT molecular complexity index is 189. The lowest BCUT2D eigenvalue weighted by Crippen LogP contribution is -2.37. The highest BCUT2D eigenvalue weighted by Gasteiger charge is 2.30. The van der Waals surface area contributed by atoms with Crippen LogP contribution >= 0.6 is 0 Å². The zero-order valence-corrected chi connectivity index (χ0v) is 10.1. The Morgan fingerprint density at radius 3 is 2.75 bits per heavy atom. The van der Waals surface area contributed by atoms with Crippen LogP contribution in [0.4, 0.5) is 0 Å². The van der Waals surface area contributed by atoms with Crippen molar-refractivity contribution in [1.29, 1.82) is 0 Å². The molecule has 0 spiro atoms. The molecular weight excluding hydrogens is 210 g/mol. The van der Waals surface area contributed by atoms with Crippen LogP contribution in [0.5, 0.6) is 0 Å². The van der Waals surface area contributed by atoms with Crippen molar-refractivity contribution in [3.8, 4) is 0 Å². The molecule has 0 aliphatic carbocycles. The molecule has 0 aromatic heterocycles. The Morgan fingerprint density at radius 2 is 2.19 bits per heavy atom. The number of unbranched alkanes of at least 4 members (excludes halogenated alkanes) is 1. The van der Waals surface area contributed by atoms with Crippen LogP contribution in [0.1, 0.15) is 19.8 Å². The van der Waals surface area contributed by atoms with Gasteiger partial charge >= 0.3 is 0 Å². The molecule has 96 valence electrons. The molecule has 5 nitrogen and oxygen atoms in total. The lowest BCUT2D eigenvalue weighted by Gasteiger charge is -2.22. The lowest BCUT2D eigenvalue weighted by atomic mass is 10.2. The van der Waals surface area contributed by atoms with Gasteiger partial charge in [0.25, 0.3) is 0 Å². The van der Waals surface area contributed by atoms with E-state index in [-0.39, 0.29) is 12.7 Å². The average Bonchev–Trinajstić information content (AvgIpc) is 2.45. The van der Waals surface area contributed by atoms with Crippen LogP contribution in [0.25, 0.3) is 0 Å². The van der Waals surface area contributed by atoms with Gasteiger partial charge in [-0.15, -0.1) is 0 Å². The van der Waals surface area contributed by atoms with Crippen LogP contribution in [0.2, 0.25) is 0 Å². The zero-order valence-electron chi connectivity index (χ0n) is 10.1. The number of hydrogen-bond acceptors (Lipinski definition) is 5. The van der Waals surface area contributed by atoms with E-state index in [4.69, 9.17) is 14.6 Å². The fraction of sp³-hybridized carbons (Fsp3) is 1.00. The third-order valence-electron chi connectivity index (χ3n) is 2.81.